The van der Waals surface area contributed by atoms with Crippen molar-refractivity contribution in [3.8, 4) is 0 Å². The van der Waals surface area contributed by atoms with E-state index in [4.69, 9.17) is 37.9 Å². The van der Waals surface area contributed by atoms with Gasteiger partial charge in [0.1, 0.15) is 36.6 Å². The second kappa shape index (κ2) is 20.6. The first kappa shape index (κ1) is 41.1. The number of rotatable bonds is 17. The third kappa shape index (κ3) is 11.5. The molecule has 6 rings (SSSR count). The number of aliphatic hydroxyl groups excluding tert-OH is 1. The van der Waals surface area contributed by atoms with Crippen LogP contribution in [0.3, 0.4) is 0 Å². The van der Waals surface area contributed by atoms with E-state index in [0.29, 0.717) is 6.61 Å². The van der Waals surface area contributed by atoms with Gasteiger partial charge in [0.2, 0.25) is 5.91 Å². The Balaban J connectivity index is 1.34. The van der Waals surface area contributed by atoms with Crippen LogP contribution in [-0.4, -0.2) is 84.9 Å². The first-order valence-electron chi connectivity index (χ1n) is 18.9. The summed E-state index contributed by atoms with van der Waals surface area (Å²) in [7, 11) is 0. The zero-order valence-electron chi connectivity index (χ0n) is 31.9. The molecule has 0 aromatic heterocycles. The molecule has 1 amide bonds. The quantitative estimate of drug-likeness (QED) is 0.136. The number of hydrogen-bond donors (Lipinski definition) is 2. The van der Waals surface area contributed by atoms with Crippen LogP contribution in [0.4, 0.5) is 0 Å². The average molecular weight is 770 g/mol. The van der Waals surface area contributed by atoms with Crippen LogP contribution >= 0.6 is 0 Å². The fourth-order valence-electron chi connectivity index (χ4n) is 6.94. The molecule has 56 heavy (non-hydrogen) atoms. The first-order valence-corrected chi connectivity index (χ1v) is 18.9. The molecule has 2 heterocycles. The van der Waals surface area contributed by atoms with Crippen molar-refractivity contribution < 1.29 is 52.6 Å². The lowest BCUT2D eigenvalue weighted by Gasteiger charge is -2.49. The normalized spacial score (nSPS) is 27.6. The van der Waals surface area contributed by atoms with Gasteiger partial charge in [-0.1, -0.05) is 121 Å². The predicted octanol–water partition coefficient (Wildman–Crippen LogP) is 5.24. The van der Waals surface area contributed by atoms with Crippen molar-refractivity contribution in [2.75, 3.05) is 6.61 Å². The number of carbonyl (C=O) groups is 2. The highest BCUT2D eigenvalue weighted by atomic mass is 16.7. The van der Waals surface area contributed by atoms with Crippen LogP contribution in [-0.2, 0) is 73.9 Å². The molecule has 12 nitrogen and oxygen atoms in total. The second-order valence-electron chi connectivity index (χ2n) is 14.0. The number of benzene rings is 4. The molecular formula is C44H51NO11. The highest BCUT2D eigenvalue weighted by Gasteiger charge is 2.54. The Labute approximate surface area is 327 Å². The van der Waals surface area contributed by atoms with E-state index in [1.165, 1.54) is 13.8 Å². The molecule has 2 fully saturated rings. The van der Waals surface area contributed by atoms with Crippen molar-refractivity contribution in [3.05, 3.63) is 144 Å². The summed E-state index contributed by atoms with van der Waals surface area (Å²) in [6.45, 7) is 5.33. The Kier molecular flexibility index (Phi) is 15.1. The number of amides is 1. The molecule has 2 aliphatic rings. The standard InChI is InChI=1S/C44H51NO11/c1-29-38(50-25-33-18-10-5-11-19-33)41(51-26-34-20-12-6-13-21-34)42(52-27-35-22-14-7-15-23-35)44(53-29)56-39-36(28-49-24-32-16-8-4-9-17-32)55-43(48)37(45-30(2)46)40(39)54-31(3)47/h4-23,29,36-44,48H,24-28H2,1-3H3,(H,45,46)/t29-,36+,37+,38-,39+,40+,41+,42+,43+,44-/m0/s1. The molecule has 0 radical (unpaired) electrons. The average Bonchev–Trinajstić information content (AvgIpc) is 3.20. The van der Waals surface area contributed by atoms with Gasteiger partial charge in [-0.2, -0.15) is 0 Å². The summed E-state index contributed by atoms with van der Waals surface area (Å²) in [6, 6.07) is 37.7. The van der Waals surface area contributed by atoms with Gasteiger partial charge in [-0.25, -0.2) is 0 Å². The van der Waals surface area contributed by atoms with E-state index in [1.54, 1.807) is 0 Å². The minimum absolute atomic E-state index is 0.0598. The SMILES string of the molecule is CC(=O)N[C@@H]1[C@@H](OC(C)=O)[C@H](O[C@@H]2O[C@@H](C)[C@H](OCc3ccccc3)[C@@H](OCc3ccccc3)[C@H]2OCc2ccccc2)[C@@H](COCc2ccccc2)O[C@H]1O. The molecule has 0 saturated carbocycles. The van der Waals surface area contributed by atoms with Crippen LogP contribution in [0.15, 0.2) is 121 Å². The molecule has 0 aliphatic carbocycles. The Bertz CT molecular complexity index is 1770. The van der Waals surface area contributed by atoms with Gasteiger partial charge in [0, 0.05) is 13.8 Å². The third-order valence-electron chi connectivity index (χ3n) is 9.61. The number of hydrogen-bond acceptors (Lipinski definition) is 11. The van der Waals surface area contributed by atoms with E-state index in [2.05, 4.69) is 5.32 Å². The minimum atomic E-state index is -1.55. The molecule has 0 unspecified atom stereocenters. The maximum absolute atomic E-state index is 12.6. The molecule has 2 aliphatic heterocycles. The first-order chi connectivity index (χ1) is 27.2. The summed E-state index contributed by atoms with van der Waals surface area (Å²) >= 11 is 0. The maximum atomic E-state index is 12.6. The molecule has 12 heteroatoms. The van der Waals surface area contributed by atoms with Crippen LogP contribution in [0.25, 0.3) is 0 Å². The van der Waals surface area contributed by atoms with Gasteiger partial charge >= 0.3 is 5.97 Å². The highest BCUT2D eigenvalue weighted by Crippen LogP contribution is 2.35. The van der Waals surface area contributed by atoms with E-state index in [-0.39, 0.29) is 26.4 Å². The van der Waals surface area contributed by atoms with Gasteiger partial charge in [0.15, 0.2) is 18.7 Å². The third-order valence-corrected chi connectivity index (χ3v) is 9.61. The lowest BCUT2D eigenvalue weighted by molar-refractivity contribution is -0.356. The van der Waals surface area contributed by atoms with Crippen LogP contribution in [0, 0.1) is 0 Å². The molecular weight excluding hydrogens is 718 g/mol. The van der Waals surface area contributed by atoms with E-state index in [9.17, 15) is 14.7 Å². The molecule has 2 saturated heterocycles. The summed E-state index contributed by atoms with van der Waals surface area (Å²) in [5.74, 6) is -1.11. The topological polar surface area (TPSA) is 140 Å². The second-order valence-corrected chi connectivity index (χ2v) is 14.0. The molecule has 2 N–H and O–H groups in total. The van der Waals surface area contributed by atoms with Gasteiger partial charge in [-0.3, -0.25) is 9.59 Å². The van der Waals surface area contributed by atoms with Crippen molar-refractivity contribution in [2.45, 2.75) is 109 Å². The molecule has 4 aromatic carbocycles. The van der Waals surface area contributed by atoms with E-state index in [1.807, 2.05) is 128 Å². The van der Waals surface area contributed by atoms with E-state index >= 15 is 0 Å². The number of aliphatic hydroxyl groups is 1. The number of ether oxygens (including phenoxy) is 8. The largest absolute Gasteiger partial charge is 0.457 e. The number of carbonyl (C=O) groups excluding carboxylic acids is 2. The van der Waals surface area contributed by atoms with Gasteiger partial charge < -0.3 is 48.3 Å². The lowest BCUT2D eigenvalue weighted by atomic mass is 9.95. The molecule has 4 aromatic rings. The zero-order chi connectivity index (χ0) is 39.3. The Morgan fingerprint density at radius 3 is 1.55 bits per heavy atom. The smallest absolute Gasteiger partial charge is 0.303 e. The lowest BCUT2D eigenvalue weighted by Crippen LogP contribution is -2.68. The van der Waals surface area contributed by atoms with Gasteiger partial charge in [0.05, 0.1) is 39.1 Å². The van der Waals surface area contributed by atoms with E-state index in [0.717, 1.165) is 22.3 Å². The highest BCUT2D eigenvalue weighted by molar-refractivity contribution is 5.73. The zero-order valence-corrected chi connectivity index (χ0v) is 31.9. The van der Waals surface area contributed by atoms with Crippen LogP contribution in [0.1, 0.15) is 43.0 Å². The van der Waals surface area contributed by atoms with Crippen LogP contribution in [0.2, 0.25) is 0 Å². The summed E-state index contributed by atoms with van der Waals surface area (Å²) in [4.78, 5) is 25.0. The van der Waals surface area contributed by atoms with Crippen LogP contribution < -0.4 is 5.32 Å². The fraction of sp³-hybridized carbons (Fsp3) is 0.409. The van der Waals surface area contributed by atoms with Gasteiger partial charge in [-0.15, -0.1) is 0 Å². The molecule has 10 atom stereocenters. The summed E-state index contributed by atoms with van der Waals surface area (Å²) in [5.41, 5.74) is 3.76. The molecule has 298 valence electrons. The summed E-state index contributed by atoms with van der Waals surface area (Å²) in [6.07, 6.45) is -8.81. The van der Waals surface area contributed by atoms with Crippen molar-refractivity contribution in [1.82, 2.24) is 5.32 Å². The van der Waals surface area contributed by atoms with Crippen molar-refractivity contribution in [1.29, 1.82) is 0 Å². The van der Waals surface area contributed by atoms with Gasteiger partial charge in [-0.05, 0) is 29.2 Å². The van der Waals surface area contributed by atoms with Gasteiger partial charge in [0.25, 0.3) is 0 Å². The minimum Gasteiger partial charge on any atom is -0.457 e. The molecule has 0 bridgehead atoms. The summed E-state index contributed by atoms with van der Waals surface area (Å²) < 4.78 is 51.5. The predicted molar refractivity (Wildman–Crippen MR) is 204 cm³/mol. The van der Waals surface area contributed by atoms with Crippen molar-refractivity contribution in [3.63, 3.8) is 0 Å². The maximum Gasteiger partial charge on any atom is 0.303 e. The number of esters is 1. The fourth-order valence-corrected chi connectivity index (χ4v) is 6.94. The van der Waals surface area contributed by atoms with Crippen molar-refractivity contribution in [2.24, 2.45) is 0 Å². The Morgan fingerprint density at radius 1 is 0.607 bits per heavy atom. The molecule has 0 spiro atoms. The Hall–Kier alpha value is -4.50. The number of nitrogens with one attached hydrogen (secondary N) is 1. The monoisotopic (exact) mass is 769 g/mol. The van der Waals surface area contributed by atoms with E-state index < -0.39 is 73.2 Å². The Morgan fingerprint density at radius 2 is 1.07 bits per heavy atom. The summed E-state index contributed by atoms with van der Waals surface area (Å²) in [5, 5.41) is 13.9. The van der Waals surface area contributed by atoms with Crippen molar-refractivity contribution >= 4 is 11.9 Å². The van der Waals surface area contributed by atoms with Crippen LogP contribution in [0.5, 0.6) is 0 Å².